The molecule has 0 aliphatic carbocycles. The molecule has 0 aromatic heterocycles. The van der Waals surface area contributed by atoms with Crippen molar-refractivity contribution in [2.45, 2.75) is 52.5 Å². The van der Waals surface area contributed by atoms with Crippen molar-refractivity contribution in [1.29, 1.82) is 0 Å². The lowest BCUT2D eigenvalue weighted by molar-refractivity contribution is 0.449. The molecule has 1 saturated heterocycles. The lowest BCUT2D eigenvalue weighted by Gasteiger charge is -2.21. The van der Waals surface area contributed by atoms with E-state index in [0.717, 1.165) is 38.9 Å². The maximum atomic E-state index is 4.73. The molecule has 0 aromatic rings. The van der Waals surface area contributed by atoms with Crippen LogP contribution in [0.1, 0.15) is 46.5 Å². The first kappa shape index (κ1) is 16.8. The number of hydrogen-bond donors (Lipinski definition) is 0. The number of rotatable bonds is 8. The van der Waals surface area contributed by atoms with Crippen molar-refractivity contribution in [3.63, 3.8) is 0 Å². The monoisotopic (exact) mass is 277 g/mol. The fourth-order valence-corrected chi connectivity index (χ4v) is 2.29. The Morgan fingerprint density at radius 2 is 1.90 bits per heavy atom. The Hall–Kier alpha value is -1.25. The number of nitrogens with zero attached hydrogens (tertiary/aromatic N) is 3. The molecule has 0 spiro atoms. The molecule has 114 valence electrons. The van der Waals surface area contributed by atoms with E-state index in [2.05, 4.69) is 61.9 Å². The predicted molar refractivity (Wildman–Crippen MR) is 89.2 cm³/mol. The summed E-state index contributed by atoms with van der Waals surface area (Å²) >= 11 is 0. The topological polar surface area (TPSA) is 18.8 Å². The van der Waals surface area contributed by atoms with Crippen molar-refractivity contribution in [1.82, 2.24) is 9.80 Å². The SMILES string of the molecule is CC/C=C\C/C=C\CCCN1CCN(C)/C1=N\C(C)C. The third-order valence-corrected chi connectivity index (χ3v) is 3.34. The Morgan fingerprint density at radius 1 is 1.15 bits per heavy atom. The summed E-state index contributed by atoms with van der Waals surface area (Å²) in [5, 5.41) is 0. The van der Waals surface area contributed by atoms with Gasteiger partial charge in [-0.05, 0) is 39.5 Å². The molecular formula is C17H31N3. The maximum Gasteiger partial charge on any atom is 0.196 e. The van der Waals surface area contributed by atoms with E-state index in [0.29, 0.717) is 6.04 Å². The minimum absolute atomic E-state index is 0.373. The van der Waals surface area contributed by atoms with Crippen molar-refractivity contribution in [2.75, 3.05) is 26.7 Å². The molecule has 0 atom stereocenters. The van der Waals surface area contributed by atoms with Gasteiger partial charge in [0, 0.05) is 32.7 Å². The quantitative estimate of drug-likeness (QED) is 0.498. The summed E-state index contributed by atoms with van der Waals surface area (Å²) in [6, 6.07) is 0.373. The average molecular weight is 277 g/mol. The number of hydrogen-bond acceptors (Lipinski definition) is 1. The second kappa shape index (κ2) is 9.62. The smallest absolute Gasteiger partial charge is 0.196 e. The molecule has 0 saturated carbocycles. The van der Waals surface area contributed by atoms with Gasteiger partial charge < -0.3 is 9.80 Å². The molecule has 0 bridgehead atoms. The Bertz CT molecular complexity index is 342. The molecule has 0 amide bonds. The molecule has 20 heavy (non-hydrogen) atoms. The highest BCUT2D eigenvalue weighted by Gasteiger charge is 2.22. The van der Waals surface area contributed by atoms with Gasteiger partial charge in [0.15, 0.2) is 5.96 Å². The van der Waals surface area contributed by atoms with Crippen LogP contribution in [-0.4, -0.2) is 48.5 Å². The zero-order valence-electron chi connectivity index (χ0n) is 13.7. The average Bonchev–Trinajstić information content (AvgIpc) is 2.74. The third-order valence-electron chi connectivity index (χ3n) is 3.34. The molecule has 0 aromatic carbocycles. The maximum absolute atomic E-state index is 4.73. The summed E-state index contributed by atoms with van der Waals surface area (Å²) < 4.78 is 0. The molecule has 1 aliphatic rings. The highest BCUT2D eigenvalue weighted by Crippen LogP contribution is 2.10. The molecule has 1 aliphatic heterocycles. The Balaban J connectivity index is 2.26. The zero-order valence-corrected chi connectivity index (χ0v) is 13.7. The van der Waals surface area contributed by atoms with Crippen LogP contribution in [0.15, 0.2) is 29.3 Å². The largest absolute Gasteiger partial charge is 0.344 e. The van der Waals surface area contributed by atoms with Gasteiger partial charge in [0.05, 0.1) is 0 Å². The minimum Gasteiger partial charge on any atom is -0.344 e. The zero-order chi connectivity index (χ0) is 14.8. The van der Waals surface area contributed by atoms with Gasteiger partial charge in [-0.3, -0.25) is 4.99 Å². The fraction of sp³-hybridized carbons (Fsp3) is 0.706. The minimum atomic E-state index is 0.373. The van der Waals surface area contributed by atoms with Crippen LogP contribution in [-0.2, 0) is 0 Å². The normalized spacial score (nSPS) is 18.6. The van der Waals surface area contributed by atoms with Gasteiger partial charge in [-0.25, -0.2) is 0 Å². The predicted octanol–water partition coefficient (Wildman–Crippen LogP) is 3.69. The first-order valence-electron chi connectivity index (χ1n) is 7.99. The van der Waals surface area contributed by atoms with E-state index in [4.69, 9.17) is 4.99 Å². The molecule has 1 fully saturated rings. The molecule has 3 nitrogen and oxygen atoms in total. The number of allylic oxidation sites excluding steroid dienone is 4. The molecule has 1 heterocycles. The van der Waals surface area contributed by atoms with Crippen LogP contribution in [0.5, 0.6) is 0 Å². The van der Waals surface area contributed by atoms with E-state index in [9.17, 15) is 0 Å². The van der Waals surface area contributed by atoms with Gasteiger partial charge in [-0.1, -0.05) is 31.2 Å². The molecule has 0 radical (unpaired) electrons. The summed E-state index contributed by atoms with van der Waals surface area (Å²) in [5.74, 6) is 1.18. The number of guanidine groups is 1. The molecule has 0 unspecified atom stereocenters. The van der Waals surface area contributed by atoms with Crippen molar-refractivity contribution < 1.29 is 0 Å². The summed E-state index contributed by atoms with van der Waals surface area (Å²) in [5.41, 5.74) is 0. The fourth-order valence-electron chi connectivity index (χ4n) is 2.29. The Morgan fingerprint density at radius 3 is 2.60 bits per heavy atom. The van der Waals surface area contributed by atoms with Crippen LogP contribution >= 0.6 is 0 Å². The Labute approximate surface area is 125 Å². The lowest BCUT2D eigenvalue weighted by atomic mass is 10.2. The van der Waals surface area contributed by atoms with E-state index in [-0.39, 0.29) is 0 Å². The first-order valence-corrected chi connectivity index (χ1v) is 7.99. The van der Waals surface area contributed by atoms with Crippen LogP contribution in [0, 0.1) is 0 Å². The molecule has 0 N–H and O–H groups in total. The first-order chi connectivity index (χ1) is 9.65. The van der Waals surface area contributed by atoms with Gasteiger partial charge in [-0.2, -0.15) is 0 Å². The van der Waals surface area contributed by atoms with E-state index in [1.54, 1.807) is 0 Å². The summed E-state index contributed by atoms with van der Waals surface area (Å²) in [4.78, 5) is 9.42. The molecule has 1 rings (SSSR count). The second-order valence-corrected chi connectivity index (χ2v) is 5.66. The van der Waals surface area contributed by atoms with Crippen LogP contribution in [0.3, 0.4) is 0 Å². The number of aliphatic imine (C=N–C) groups is 1. The van der Waals surface area contributed by atoms with Gasteiger partial charge in [-0.15, -0.1) is 0 Å². The Kier molecular flexibility index (Phi) is 8.08. The van der Waals surface area contributed by atoms with Crippen molar-refractivity contribution in [3.8, 4) is 0 Å². The van der Waals surface area contributed by atoms with Gasteiger partial charge in [0.1, 0.15) is 0 Å². The van der Waals surface area contributed by atoms with Crippen LogP contribution in [0.2, 0.25) is 0 Å². The third kappa shape index (κ3) is 6.27. The van der Waals surface area contributed by atoms with Crippen molar-refractivity contribution in [2.24, 2.45) is 4.99 Å². The lowest BCUT2D eigenvalue weighted by Crippen LogP contribution is -2.33. The highest BCUT2D eigenvalue weighted by atomic mass is 15.4. The van der Waals surface area contributed by atoms with E-state index in [1.807, 2.05) is 0 Å². The van der Waals surface area contributed by atoms with Crippen molar-refractivity contribution >= 4 is 5.96 Å². The van der Waals surface area contributed by atoms with E-state index >= 15 is 0 Å². The van der Waals surface area contributed by atoms with Crippen LogP contribution < -0.4 is 0 Å². The van der Waals surface area contributed by atoms with Gasteiger partial charge >= 0.3 is 0 Å². The highest BCUT2D eigenvalue weighted by molar-refractivity contribution is 5.81. The van der Waals surface area contributed by atoms with Crippen LogP contribution in [0.25, 0.3) is 0 Å². The van der Waals surface area contributed by atoms with Gasteiger partial charge in [0.2, 0.25) is 0 Å². The van der Waals surface area contributed by atoms with E-state index in [1.165, 1.54) is 12.4 Å². The molecular weight excluding hydrogens is 246 g/mol. The number of unbranched alkanes of at least 4 members (excludes halogenated alkanes) is 1. The summed E-state index contributed by atoms with van der Waals surface area (Å²) in [6.45, 7) is 9.79. The second-order valence-electron chi connectivity index (χ2n) is 5.66. The summed E-state index contributed by atoms with van der Waals surface area (Å²) in [7, 11) is 2.14. The molecule has 3 heteroatoms. The van der Waals surface area contributed by atoms with Gasteiger partial charge in [0.25, 0.3) is 0 Å². The standard InChI is InChI=1S/C17H31N3/c1-5-6-7-8-9-10-11-12-13-20-15-14-19(4)17(20)18-16(2)3/h6-7,9-10,16H,5,8,11-15H2,1-4H3/b7-6-,10-9-,18-17+. The van der Waals surface area contributed by atoms with Crippen LogP contribution in [0.4, 0.5) is 0 Å². The summed E-state index contributed by atoms with van der Waals surface area (Å²) in [6.07, 6.45) is 13.6. The van der Waals surface area contributed by atoms with E-state index < -0.39 is 0 Å². The van der Waals surface area contributed by atoms with Crippen molar-refractivity contribution in [3.05, 3.63) is 24.3 Å². The number of likely N-dealkylation sites (N-methyl/N-ethyl adjacent to an activating group) is 1.